The van der Waals surface area contributed by atoms with Gasteiger partial charge in [-0.1, -0.05) is 43.8 Å². The van der Waals surface area contributed by atoms with E-state index in [0.29, 0.717) is 28.9 Å². The molecule has 2 aliphatic rings. The molecule has 0 amide bonds. The molecule has 2 aromatic rings. The zero-order valence-electron chi connectivity index (χ0n) is 15.3. The third-order valence-electron chi connectivity index (χ3n) is 4.83. The number of rotatable bonds is 4. The zero-order chi connectivity index (χ0) is 19.2. The van der Waals surface area contributed by atoms with Crippen molar-refractivity contribution in [1.82, 2.24) is 14.8 Å². The highest BCUT2D eigenvalue weighted by Gasteiger charge is 2.41. The van der Waals surface area contributed by atoms with Gasteiger partial charge in [-0.25, -0.2) is 9.07 Å². The lowest BCUT2D eigenvalue weighted by Crippen LogP contribution is -2.36. The van der Waals surface area contributed by atoms with Gasteiger partial charge in [0.2, 0.25) is 11.1 Å². The highest BCUT2D eigenvalue weighted by atomic mass is 32.2. The van der Waals surface area contributed by atoms with Gasteiger partial charge >= 0.3 is 0 Å². The molecule has 0 saturated heterocycles. The fourth-order valence-corrected chi connectivity index (χ4v) is 4.30. The van der Waals surface area contributed by atoms with Crippen LogP contribution >= 0.6 is 11.8 Å². The number of benzene rings is 1. The van der Waals surface area contributed by atoms with Gasteiger partial charge in [-0.15, -0.1) is 11.7 Å². The number of aromatic nitrogens is 3. The minimum absolute atomic E-state index is 0.101. The van der Waals surface area contributed by atoms with Crippen molar-refractivity contribution in [2.24, 2.45) is 5.41 Å². The highest BCUT2D eigenvalue weighted by Crippen LogP contribution is 2.45. The second-order valence-electron chi connectivity index (χ2n) is 7.67. The molecule has 0 fully saturated rings. The van der Waals surface area contributed by atoms with Crippen molar-refractivity contribution in [3.63, 3.8) is 0 Å². The normalized spacial score (nSPS) is 20.7. The molecule has 0 radical (unpaired) electrons. The number of allylic oxidation sites excluding steroid dienone is 2. The molecule has 1 aliphatic carbocycles. The number of anilines is 1. The Kier molecular flexibility index (Phi) is 4.42. The van der Waals surface area contributed by atoms with Gasteiger partial charge in [-0.2, -0.15) is 4.98 Å². The first-order valence-electron chi connectivity index (χ1n) is 8.87. The van der Waals surface area contributed by atoms with Gasteiger partial charge in [0.25, 0.3) is 0 Å². The minimum atomic E-state index is -0.397. The summed E-state index contributed by atoms with van der Waals surface area (Å²) in [4.78, 5) is 17.6. The maximum atomic E-state index is 13.5. The van der Waals surface area contributed by atoms with Crippen molar-refractivity contribution in [1.29, 1.82) is 0 Å². The summed E-state index contributed by atoms with van der Waals surface area (Å²) < 4.78 is 15.2. The van der Waals surface area contributed by atoms with Crippen molar-refractivity contribution in [3.8, 4) is 0 Å². The van der Waals surface area contributed by atoms with Crippen molar-refractivity contribution in [2.75, 3.05) is 11.1 Å². The summed E-state index contributed by atoms with van der Waals surface area (Å²) in [6.45, 7) is 7.91. The Bertz CT molecular complexity index is 945. The fraction of sp³-hybridized carbons (Fsp3) is 0.350. The quantitative estimate of drug-likeness (QED) is 0.627. The van der Waals surface area contributed by atoms with Crippen LogP contribution < -0.4 is 5.32 Å². The molecule has 1 aromatic carbocycles. The molecule has 27 heavy (non-hydrogen) atoms. The van der Waals surface area contributed by atoms with E-state index in [1.165, 1.54) is 23.9 Å². The highest BCUT2D eigenvalue weighted by molar-refractivity contribution is 7.99. The van der Waals surface area contributed by atoms with E-state index in [1.807, 2.05) is 0 Å². The average Bonchev–Trinajstić information content (AvgIpc) is 3.00. The predicted molar refractivity (Wildman–Crippen MR) is 104 cm³/mol. The van der Waals surface area contributed by atoms with Crippen LogP contribution in [0, 0.1) is 11.2 Å². The zero-order valence-corrected chi connectivity index (χ0v) is 16.1. The summed E-state index contributed by atoms with van der Waals surface area (Å²) in [5.74, 6) is 1.10. The van der Waals surface area contributed by atoms with Gasteiger partial charge in [0.15, 0.2) is 5.78 Å². The molecule has 5 nitrogen and oxygen atoms in total. The summed E-state index contributed by atoms with van der Waals surface area (Å²) in [5, 5.41) is 8.56. The number of ketones is 1. The Balaban J connectivity index is 1.84. The lowest BCUT2D eigenvalue weighted by molar-refractivity contribution is -0.118. The second kappa shape index (κ2) is 6.64. The number of hydrogen-bond donors (Lipinski definition) is 1. The van der Waals surface area contributed by atoms with E-state index in [-0.39, 0.29) is 17.0 Å². The number of Topliss-reactive ketones (excluding diaryl/α,β-unsaturated/α-hetero) is 1. The van der Waals surface area contributed by atoms with Gasteiger partial charge in [0, 0.05) is 23.4 Å². The van der Waals surface area contributed by atoms with Crippen molar-refractivity contribution < 1.29 is 9.18 Å². The molecule has 0 spiro atoms. The molecule has 0 saturated carbocycles. The summed E-state index contributed by atoms with van der Waals surface area (Å²) >= 11 is 1.48. The van der Waals surface area contributed by atoms with Crippen molar-refractivity contribution >= 4 is 23.5 Å². The second-order valence-corrected chi connectivity index (χ2v) is 8.66. The Morgan fingerprint density at radius 2 is 2.11 bits per heavy atom. The maximum Gasteiger partial charge on any atom is 0.227 e. The lowest BCUT2D eigenvalue weighted by Gasteiger charge is -2.38. The number of halogens is 1. The molecule has 1 aromatic heterocycles. The largest absolute Gasteiger partial charge is 0.328 e. The van der Waals surface area contributed by atoms with Crippen LogP contribution in [0.5, 0.6) is 0 Å². The Hall–Kier alpha value is -2.41. The van der Waals surface area contributed by atoms with E-state index in [0.717, 1.165) is 17.7 Å². The molecular formula is C20H21FN4OS. The first-order chi connectivity index (χ1) is 12.9. The first kappa shape index (κ1) is 18.0. The number of carbonyl (C=O) groups is 1. The molecule has 1 aliphatic heterocycles. The molecular weight excluding hydrogens is 363 g/mol. The summed E-state index contributed by atoms with van der Waals surface area (Å²) in [6, 6.07) is 5.86. The van der Waals surface area contributed by atoms with Gasteiger partial charge in [0.1, 0.15) is 11.9 Å². The average molecular weight is 384 g/mol. The number of nitrogens with one attached hydrogen (secondary N) is 1. The molecule has 1 N–H and O–H groups in total. The van der Waals surface area contributed by atoms with E-state index < -0.39 is 6.04 Å². The molecule has 0 unspecified atom stereocenters. The Morgan fingerprint density at radius 1 is 1.37 bits per heavy atom. The third-order valence-corrected chi connectivity index (χ3v) is 5.66. The summed E-state index contributed by atoms with van der Waals surface area (Å²) in [5.41, 5.74) is 2.31. The van der Waals surface area contributed by atoms with E-state index >= 15 is 0 Å². The van der Waals surface area contributed by atoms with Crippen LogP contribution in [-0.4, -0.2) is 26.3 Å². The molecule has 7 heteroatoms. The van der Waals surface area contributed by atoms with Gasteiger partial charge in [-0.05, 0) is 29.5 Å². The van der Waals surface area contributed by atoms with Crippen molar-refractivity contribution in [2.45, 2.75) is 37.9 Å². The standard InChI is InChI=1S/C20H21FN4OS/c1-4-9-27-19-23-18-22-14-10-20(2,3)11-15(26)16(14)17(25(18)24-19)12-5-7-13(21)8-6-12/h4-8,17H,1,9-11H2,2-3H3,(H,22,23,24)/t17-/m0/s1. The Labute approximate surface area is 161 Å². The lowest BCUT2D eigenvalue weighted by atomic mass is 9.73. The molecule has 1 atom stereocenters. The van der Waals surface area contributed by atoms with Crippen LogP contribution in [-0.2, 0) is 4.79 Å². The van der Waals surface area contributed by atoms with Gasteiger partial charge < -0.3 is 5.32 Å². The molecule has 2 heterocycles. The minimum Gasteiger partial charge on any atom is -0.328 e. The molecule has 4 rings (SSSR count). The van der Waals surface area contributed by atoms with Crippen LogP contribution in [0.2, 0.25) is 0 Å². The Morgan fingerprint density at radius 3 is 2.81 bits per heavy atom. The topological polar surface area (TPSA) is 59.8 Å². The predicted octanol–water partition coefficient (Wildman–Crippen LogP) is 4.35. The van der Waals surface area contributed by atoms with Crippen LogP contribution in [0.25, 0.3) is 0 Å². The number of nitrogens with zero attached hydrogens (tertiary/aromatic N) is 3. The molecule has 0 bridgehead atoms. The third kappa shape index (κ3) is 3.32. The fourth-order valence-electron chi connectivity index (χ4n) is 3.74. The smallest absolute Gasteiger partial charge is 0.227 e. The van der Waals surface area contributed by atoms with Gasteiger partial charge in [0.05, 0.1) is 0 Å². The summed E-state index contributed by atoms with van der Waals surface area (Å²) in [6.07, 6.45) is 3.03. The maximum absolute atomic E-state index is 13.5. The number of hydrogen-bond acceptors (Lipinski definition) is 5. The van der Waals surface area contributed by atoms with Crippen molar-refractivity contribution in [3.05, 3.63) is 59.6 Å². The van der Waals surface area contributed by atoms with Crippen LogP contribution in [0.4, 0.5) is 10.3 Å². The number of thioether (sulfide) groups is 1. The van der Waals surface area contributed by atoms with E-state index in [4.69, 9.17) is 0 Å². The van der Waals surface area contributed by atoms with Crippen LogP contribution in [0.15, 0.2) is 53.3 Å². The first-order valence-corrected chi connectivity index (χ1v) is 9.85. The van der Waals surface area contributed by atoms with Gasteiger partial charge in [-0.3, -0.25) is 4.79 Å². The van der Waals surface area contributed by atoms with Crippen LogP contribution in [0.1, 0.15) is 38.3 Å². The van der Waals surface area contributed by atoms with E-state index in [1.54, 1.807) is 22.9 Å². The molecule has 140 valence electrons. The summed E-state index contributed by atoms with van der Waals surface area (Å²) in [7, 11) is 0. The van der Waals surface area contributed by atoms with E-state index in [9.17, 15) is 9.18 Å². The van der Waals surface area contributed by atoms with Crippen LogP contribution in [0.3, 0.4) is 0 Å². The number of carbonyl (C=O) groups excluding carboxylic acids is 1. The van der Waals surface area contributed by atoms with E-state index in [2.05, 4.69) is 35.8 Å². The SMILES string of the molecule is C=CCSc1nc2n(n1)[C@@H](c1ccc(F)cc1)C1=C(CC(C)(C)CC1=O)N2. The number of fused-ring (bicyclic) bond motifs is 1. The monoisotopic (exact) mass is 384 g/mol.